The van der Waals surface area contributed by atoms with Crippen LogP contribution in [0.2, 0.25) is 5.02 Å². The molecule has 1 saturated heterocycles. The number of benzene rings is 1. The van der Waals surface area contributed by atoms with E-state index in [0.717, 1.165) is 44.6 Å². The Labute approximate surface area is 148 Å². The van der Waals surface area contributed by atoms with Gasteiger partial charge >= 0.3 is 0 Å². The second kappa shape index (κ2) is 10.2. The van der Waals surface area contributed by atoms with Gasteiger partial charge in [0.25, 0.3) is 5.69 Å². The maximum atomic E-state index is 11.3. The van der Waals surface area contributed by atoms with Gasteiger partial charge in [-0.15, -0.1) is 24.8 Å². The maximum absolute atomic E-state index is 11.3. The van der Waals surface area contributed by atoms with Crippen molar-refractivity contribution < 1.29 is 4.92 Å². The van der Waals surface area contributed by atoms with E-state index >= 15 is 0 Å². The summed E-state index contributed by atoms with van der Waals surface area (Å²) in [5.41, 5.74) is 0.914. The monoisotopic (exact) mass is 369 g/mol. The Morgan fingerprint density at radius 3 is 2.55 bits per heavy atom. The molecular weight excluding hydrogens is 349 g/mol. The summed E-state index contributed by atoms with van der Waals surface area (Å²) in [6, 6.07) is 4.93. The third-order valence-corrected chi connectivity index (χ3v) is 3.93. The largest absolute Gasteiger partial charge is 0.314 e. The Balaban J connectivity index is 0.00000220. The molecule has 1 aromatic carbocycles. The van der Waals surface area contributed by atoms with Crippen molar-refractivity contribution in [1.29, 1.82) is 0 Å². The summed E-state index contributed by atoms with van der Waals surface area (Å²) in [5.74, 6) is 0. The van der Waals surface area contributed by atoms with Crippen molar-refractivity contribution in [2.75, 3.05) is 26.2 Å². The van der Waals surface area contributed by atoms with Crippen LogP contribution in [-0.4, -0.2) is 36.0 Å². The quantitative estimate of drug-likeness (QED) is 0.632. The number of rotatable bonds is 5. The third-order valence-electron chi connectivity index (χ3n) is 3.70. The number of halogens is 3. The molecule has 22 heavy (non-hydrogen) atoms. The number of nitrogens with one attached hydrogen (secondary N) is 1. The molecule has 0 amide bonds. The Bertz CT molecular complexity index is 482. The molecule has 0 unspecified atom stereocenters. The normalized spacial score (nSPS) is 16.3. The Hall–Kier alpha value is -0.590. The third kappa shape index (κ3) is 5.25. The lowest BCUT2D eigenvalue weighted by Gasteiger charge is -2.35. The van der Waals surface area contributed by atoms with Crippen molar-refractivity contribution in [2.24, 2.45) is 0 Å². The van der Waals surface area contributed by atoms with E-state index in [1.807, 2.05) is 0 Å². The summed E-state index contributed by atoms with van der Waals surface area (Å²) in [6.45, 7) is 5.78. The molecule has 0 radical (unpaired) electrons. The lowest BCUT2D eigenvalue weighted by molar-refractivity contribution is -0.386. The number of hydrogen-bond acceptors (Lipinski definition) is 4. The van der Waals surface area contributed by atoms with Crippen LogP contribution in [0, 0.1) is 10.1 Å². The van der Waals surface area contributed by atoms with Gasteiger partial charge in [-0.1, -0.05) is 24.9 Å². The van der Waals surface area contributed by atoms with E-state index in [0.29, 0.717) is 5.02 Å². The van der Waals surface area contributed by atoms with E-state index in [-0.39, 0.29) is 41.5 Å². The molecule has 1 aromatic rings. The number of piperazine rings is 1. The maximum Gasteiger partial charge on any atom is 0.274 e. The molecule has 1 aliphatic heterocycles. The van der Waals surface area contributed by atoms with Crippen LogP contribution in [0.25, 0.3) is 0 Å². The van der Waals surface area contributed by atoms with Crippen molar-refractivity contribution in [2.45, 2.75) is 25.8 Å². The summed E-state index contributed by atoms with van der Waals surface area (Å²) < 4.78 is 0. The van der Waals surface area contributed by atoms with E-state index in [9.17, 15) is 10.1 Å². The summed E-state index contributed by atoms with van der Waals surface area (Å²) in [7, 11) is 0. The van der Waals surface area contributed by atoms with E-state index in [1.165, 1.54) is 6.07 Å². The summed E-state index contributed by atoms with van der Waals surface area (Å²) in [5, 5.41) is 15.1. The second-order valence-corrected chi connectivity index (χ2v) is 5.49. The smallest absolute Gasteiger partial charge is 0.274 e. The zero-order chi connectivity index (χ0) is 14.5. The van der Waals surface area contributed by atoms with Gasteiger partial charge < -0.3 is 5.32 Å². The first-order chi connectivity index (χ1) is 9.63. The topological polar surface area (TPSA) is 58.4 Å². The molecule has 2 rings (SSSR count). The minimum Gasteiger partial charge on any atom is -0.314 e. The SMILES string of the molecule is CCC[C@H](c1cc(Cl)ccc1[N+](=O)[O-])N1CCNCC1.Cl.Cl. The van der Waals surface area contributed by atoms with E-state index in [1.54, 1.807) is 12.1 Å². The zero-order valence-corrected chi connectivity index (χ0v) is 14.8. The van der Waals surface area contributed by atoms with E-state index in [2.05, 4.69) is 17.1 Å². The number of nitrogens with zero attached hydrogens (tertiary/aromatic N) is 2. The lowest BCUT2D eigenvalue weighted by Crippen LogP contribution is -2.45. The summed E-state index contributed by atoms with van der Waals surface area (Å²) in [4.78, 5) is 13.3. The predicted molar refractivity (Wildman–Crippen MR) is 94.7 cm³/mol. The number of nitro benzene ring substituents is 1. The highest BCUT2D eigenvalue weighted by Gasteiger charge is 2.27. The van der Waals surface area contributed by atoms with Gasteiger partial charge in [0.05, 0.1) is 4.92 Å². The molecule has 5 nitrogen and oxygen atoms in total. The van der Waals surface area contributed by atoms with Crippen LogP contribution in [0.1, 0.15) is 31.4 Å². The molecule has 0 bridgehead atoms. The van der Waals surface area contributed by atoms with Gasteiger partial charge in [0.15, 0.2) is 0 Å². The Morgan fingerprint density at radius 1 is 1.36 bits per heavy atom. The van der Waals surface area contributed by atoms with Crippen LogP contribution in [0.4, 0.5) is 5.69 Å². The first-order valence-electron chi connectivity index (χ1n) is 7.02. The van der Waals surface area contributed by atoms with Crippen molar-refractivity contribution >= 4 is 42.1 Å². The van der Waals surface area contributed by atoms with Crippen LogP contribution in [-0.2, 0) is 0 Å². The fourth-order valence-electron chi connectivity index (χ4n) is 2.76. The van der Waals surface area contributed by atoms with Crippen LogP contribution < -0.4 is 5.32 Å². The number of nitro groups is 1. The molecule has 1 aliphatic rings. The van der Waals surface area contributed by atoms with Crippen LogP contribution in [0.3, 0.4) is 0 Å². The fraction of sp³-hybridized carbons (Fsp3) is 0.571. The summed E-state index contributed by atoms with van der Waals surface area (Å²) in [6.07, 6.45) is 1.89. The van der Waals surface area contributed by atoms with Crippen molar-refractivity contribution in [3.63, 3.8) is 0 Å². The van der Waals surface area contributed by atoms with Crippen molar-refractivity contribution in [3.05, 3.63) is 38.9 Å². The van der Waals surface area contributed by atoms with Crippen molar-refractivity contribution in [3.8, 4) is 0 Å². The van der Waals surface area contributed by atoms with Gasteiger partial charge in [-0.2, -0.15) is 0 Å². The molecule has 1 N–H and O–H groups in total. The van der Waals surface area contributed by atoms with Gasteiger partial charge in [-0.25, -0.2) is 0 Å². The van der Waals surface area contributed by atoms with Crippen molar-refractivity contribution in [1.82, 2.24) is 10.2 Å². The minimum absolute atomic E-state index is 0. The zero-order valence-electron chi connectivity index (χ0n) is 12.5. The minimum atomic E-state index is -0.309. The molecule has 8 heteroatoms. The lowest BCUT2D eigenvalue weighted by atomic mass is 9.98. The molecule has 0 aromatic heterocycles. The average Bonchev–Trinajstić information content (AvgIpc) is 2.45. The molecule has 126 valence electrons. The first-order valence-corrected chi connectivity index (χ1v) is 7.40. The van der Waals surface area contributed by atoms with E-state index in [4.69, 9.17) is 11.6 Å². The molecule has 0 saturated carbocycles. The van der Waals surface area contributed by atoms with Crippen LogP contribution >= 0.6 is 36.4 Å². The molecular formula is C14H22Cl3N3O2. The summed E-state index contributed by atoms with van der Waals surface area (Å²) >= 11 is 6.05. The van der Waals surface area contributed by atoms with Gasteiger partial charge in [0.2, 0.25) is 0 Å². The molecule has 0 aliphatic carbocycles. The van der Waals surface area contributed by atoms with E-state index < -0.39 is 0 Å². The Morgan fingerprint density at radius 2 is 2.00 bits per heavy atom. The van der Waals surface area contributed by atoms with Gasteiger partial charge in [-0.05, 0) is 18.6 Å². The molecule has 1 heterocycles. The fourth-order valence-corrected chi connectivity index (χ4v) is 2.94. The second-order valence-electron chi connectivity index (χ2n) is 5.05. The molecule has 1 fully saturated rings. The highest BCUT2D eigenvalue weighted by molar-refractivity contribution is 6.30. The highest BCUT2D eigenvalue weighted by Crippen LogP contribution is 2.34. The highest BCUT2D eigenvalue weighted by atomic mass is 35.5. The van der Waals surface area contributed by atoms with Gasteiger partial charge in [-0.3, -0.25) is 15.0 Å². The Kier molecular flexibility index (Phi) is 9.96. The number of hydrogen-bond donors (Lipinski definition) is 1. The van der Waals surface area contributed by atoms with Gasteiger partial charge in [0.1, 0.15) is 0 Å². The molecule has 1 atom stereocenters. The standard InChI is InChI=1S/C14H20ClN3O2.2ClH/c1-2-3-13(17-8-6-16-7-9-17)12-10-11(15)4-5-14(12)18(19)20;;/h4-5,10,13,16H,2-3,6-9H2,1H3;2*1H/t13-;;/m1../s1. The van der Waals surface area contributed by atoms with Crippen LogP contribution in [0.15, 0.2) is 18.2 Å². The predicted octanol–water partition coefficient (Wildman–Crippen LogP) is 3.84. The first kappa shape index (κ1) is 21.4. The molecule has 0 spiro atoms. The average molecular weight is 371 g/mol. The van der Waals surface area contributed by atoms with Gasteiger partial charge in [0, 0.05) is 48.9 Å². The van der Waals surface area contributed by atoms with Crippen LogP contribution in [0.5, 0.6) is 0 Å².